The zero-order chi connectivity index (χ0) is 19.8. The minimum absolute atomic E-state index is 0.299. The van der Waals surface area contributed by atoms with Crippen molar-refractivity contribution in [2.75, 3.05) is 7.05 Å². The Labute approximate surface area is 158 Å². The molecule has 27 heavy (non-hydrogen) atoms. The predicted molar refractivity (Wildman–Crippen MR) is 94.4 cm³/mol. The molecule has 1 aromatic carbocycles. The van der Waals surface area contributed by atoms with Crippen LogP contribution in [0.2, 0.25) is 0 Å². The highest BCUT2D eigenvalue weighted by Gasteiger charge is 2.57. The van der Waals surface area contributed by atoms with Gasteiger partial charge in [-0.3, -0.25) is 4.99 Å². The highest BCUT2D eigenvalue weighted by atomic mass is 32.2. The molecule has 10 heteroatoms. The smallest absolute Gasteiger partial charge is 0.388 e. The van der Waals surface area contributed by atoms with Crippen molar-refractivity contribution < 1.29 is 32.9 Å². The van der Waals surface area contributed by atoms with Crippen LogP contribution in [-0.2, 0) is 16.1 Å². The van der Waals surface area contributed by atoms with Gasteiger partial charge in [-0.2, -0.15) is 13.2 Å². The van der Waals surface area contributed by atoms with Gasteiger partial charge in [0, 0.05) is 7.05 Å². The van der Waals surface area contributed by atoms with Gasteiger partial charge in [0.1, 0.15) is 29.8 Å². The lowest BCUT2D eigenvalue weighted by Crippen LogP contribution is -2.61. The quantitative estimate of drug-likeness (QED) is 0.704. The maximum atomic E-state index is 13.6. The molecule has 2 aliphatic rings. The first-order valence-corrected chi connectivity index (χ1v) is 9.26. The fourth-order valence-corrected chi connectivity index (χ4v) is 4.07. The first-order chi connectivity index (χ1) is 12.7. The van der Waals surface area contributed by atoms with E-state index in [2.05, 4.69) is 10.3 Å². The zero-order valence-electron chi connectivity index (χ0n) is 14.7. The summed E-state index contributed by atoms with van der Waals surface area (Å²) in [5.41, 5.74) is 0.711. The molecule has 0 radical (unpaired) electrons. The molecule has 1 aromatic rings. The van der Waals surface area contributed by atoms with E-state index in [9.17, 15) is 23.4 Å². The SMILES string of the molecule is CNC1=N[C@@H]2[C@@H](O)[C@H](O)C([C@@H](OCc3ccc(C)cc3)C(F)(F)F)O[C@@H]2S1. The van der Waals surface area contributed by atoms with E-state index in [1.54, 1.807) is 31.3 Å². The van der Waals surface area contributed by atoms with Gasteiger partial charge >= 0.3 is 6.18 Å². The fraction of sp³-hybridized carbons (Fsp3) is 0.588. The number of aliphatic hydroxyl groups excluding tert-OH is 2. The number of amidine groups is 1. The molecule has 0 saturated carbocycles. The van der Waals surface area contributed by atoms with Gasteiger partial charge in [-0.25, -0.2) is 0 Å². The Kier molecular flexibility index (Phi) is 6.02. The van der Waals surface area contributed by atoms with Crippen LogP contribution in [0.5, 0.6) is 0 Å². The van der Waals surface area contributed by atoms with E-state index >= 15 is 0 Å². The van der Waals surface area contributed by atoms with E-state index in [1.807, 2.05) is 6.92 Å². The molecule has 150 valence electrons. The third-order valence-corrected chi connectivity index (χ3v) is 5.64. The Morgan fingerprint density at radius 2 is 1.93 bits per heavy atom. The van der Waals surface area contributed by atoms with Crippen LogP contribution < -0.4 is 5.32 Å². The third-order valence-electron chi connectivity index (χ3n) is 4.49. The van der Waals surface area contributed by atoms with Crippen LogP contribution in [0.15, 0.2) is 29.3 Å². The van der Waals surface area contributed by atoms with E-state index in [0.717, 1.165) is 17.3 Å². The lowest BCUT2D eigenvalue weighted by Gasteiger charge is -2.41. The maximum absolute atomic E-state index is 13.6. The van der Waals surface area contributed by atoms with Crippen molar-refractivity contribution in [2.45, 2.75) is 55.6 Å². The number of aliphatic imine (C=N–C) groups is 1. The normalized spacial score (nSPS) is 32.0. The number of nitrogens with one attached hydrogen (secondary N) is 1. The molecule has 0 aromatic heterocycles. The number of nitrogens with zero attached hydrogens (tertiary/aromatic N) is 1. The van der Waals surface area contributed by atoms with Crippen molar-refractivity contribution in [3.8, 4) is 0 Å². The van der Waals surface area contributed by atoms with Gasteiger partial charge in [-0.1, -0.05) is 41.6 Å². The Morgan fingerprint density at radius 3 is 2.52 bits per heavy atom. The summed E-state index contributed by atoms with van der Waals surface area (Å²) in [7, 11) is 1.60. The van der Waals surface area contributed by atoms with Gasteiger partial charge in [-0.05, 0) is 12.5 Å². The largest absolute Gasteiger partial charge is 0.417 e. The van der Waals surface area contributed by atoms with Crippen LogP contribution >= 0.6 is 11.8 Å². The number of halogens is 3. The number of fused-ring (bicyclic) bond motifs is 1. The molecule has 0 amide bonds. The minimum Gasteiger partial charge on any atom is -0.388 e. The number of hydrogen-bond donors (Lipinski definition) is 3. The maximum Gasteiger partial charge on any atom is 0.417 e. The number of aryl methyl sites for hydroxylation is 1. The molecule has 3 rings (SSSR count). The van der Waals surface area contributed by atoms with E-state index in [1.165, 1.54) is 0 Å². The molecule has 1 fully saturated rings. The van der Waals surface area contributed by atoms with E-state index < -0.39 is 42.1 Å². The fourth-order valence-electron chi connectivity index (χ4n) is 3.00. The van der Waals surface area contributed by atoms with Crippen LogP contribution in [0.1, 0.15) is 11.1 Å². The molecule has 1 saturated heterocycles. The van der Waals surface area contributed by atoms with Crippen molar-refractivity contribution in [1.29, 1.82) is 0 Å². The van der Waals surface area contributed by atoms with Gasteiger partial charge in [-0.15, -0.1) is 0 Å². The number of rotatable bonds is 4. The van der Waals surface area contributed by atoms with Gasteiger partial charge in [0.25, 0.3) is 0 Å². The molecule has 6 atom stereocenters. The molecule has 3 N–H and O–H groups in total. The predicted octanol–water partition coefficient (Wildman–Crippen LogP) is 1.58. The minimum atomic E-state index is -4.78. The van der Waals surface area contributed by atoms with Gasteiger partial charge in [0.2, 0.25) is 0 Å². The second kappa shape index (κ2) is 7.96. The topological polar surface area (TPSA) is 83.3 Å². The summed E-state index contributed by atoms with van der Waals surface area (Å²) in [4.78, 5) is 4.13. The van der Waals surface area contributed by atoms with Crippen LogP contribution in [0.3, 0.4) is 0 Å². The molecule has 2 heterocycles. The Hall–Kier alpha value is -1.33. The van der Waals surface area contributed by atoms with Crippen LogP contribution in [0, 0.1) is 6.92 Å². The van der Waals surface area contributed by atoms with Crippen molar-refractivity contribution in [3.63, 3.8) is 0 Å². The molecular weight excluding hydrogens is 385 g/mol. The summed E-state index contributed by atoms with van der Waals surface area (Å²) in [6, 6.07) is 6.05. The zero-order valence-corrected chi connectivity index (χ0v) is 15.5. The van der Waals surface area contributed by atoms with E-state index in [4.69, 9.17) is 9.47 Å². The lowest BCUT2D eigenvalue weighted by molar-refractivity contribution is -0.286. The van der Waals surface area contributed by atoms with Crippen molar-refractivity contribution in [2.24, 2.45) is 4.99 Å². The summed E-state index contributed by atoms with van der Waals surface area (Å²) >= 11 is 1.07. The molecule has 2 aliphatic heterocycles. The van der Waals surface area contributed by atoms with Crippen molar-refractivity contribution in [3.05, 3.63) is 35.4 Å². The highest BCUT2D eigenvalue weighted by Crippen LogP contribution is 2.40. The van der Waals surface area contributed by atoms with Crippen molar-refractivity contribution in [1.82, 2.24) is 5.32 Å². The standard InChI is InChI=1S/C17H21F3N2O4S/c1-8-3-5-9(6-4-8)7-25-14(17(18,19)20)13-12(24)11(23)10-15(26-13)27-16(21-2)22-10/h3-6,10-15,23-24H,7H2,1-2H3,(H,21,22)/t10-,11-,12+,13?,14-,15-/m1/s1. The molecule has 0 spiro atoms. The second-order valence-corrected chi connectivity index (χ2v) is 7.59. The Bertz CT molecular complexity index is 686. The summed E-state index contributed by atoms with van der Waals surface area (Å²) in [5.74, 6) is 0. The monoisotopic (exact) mass is 406 g/mol. The summed E-state index contributed by atoms with van der Waals surface area (Å²) in [5, 5.41) is 23.7. The first-order valence-electron chi connectivity index (χ1n) is 8.38. The average Bonchev–Trinajstić information content (AvgIpc) is 3.03. The van der Waals surface area contributed by atoms with Gasteiger partial charge in [0.15, 0.2) is 11.3 Å². The van der Waals surface area contributed by atoms with Crippen LogP contribution in [-0.4, -0.2) is 64.5 Å². The van der Waals surface area contributed by atoms with Crippen LogP contribution in [0.25, 0.3) is 0 Å². The molecule has 1 unspecified atom stereocenters. The highest BCUT2D eigenvalue weighted by molar-refractivity contribution is 8.14. The number of thioether (sulfide) groups is 1. The summed E-state index contributed by atoms with van der Waals surface area (Å²) in [6.45, 7) is 1.57. The number of alkyl halides is 3. The second-order valence-electron chi connectivity index (χ2n) is 6.50. The summed E-state index contributed by atoms with van der Waals surface area (Å²) in [6.07, 6.45) is -12.2. The molecular formula is C17H21F3N2O4S. The van der Waals surface area contributed by atoms with Crippen molar-refractivity contribution >= 4 is 16.9 Å². The Morgan fingerprint density at radius 1 is 1.26 bits per heavy atom. The molecule has 0 bridgehead atoms. The number of aliphatic hydroxyl groups is 2. The number of ether oxygens (including phenoxy) is 2. The Balaban J connectivity index is 1.75. The number of benzene rings is 1. The van der Waals surface area contributed by atoms with Gasteiger partial charge < -0.3 is 25.0 Å². The van der Waals surface area contributed by atoms with Gasteiger partial charge in [0.05, 0.1) is 6.61 Å². The van der Waals surface area contributed by atoms with E-state index in [0.29, 0.717) is 10.7 Å². The lowest BCUT2D eigenvalue weighted by atomic mass is 9.94. The van der Waals surface area contributed by atoms with E-state index in [-0.39, 0.29) is 6.61 Å². The first kappa shape index (κ1) is 20.4. The summed E-state index contributed by atoms with van der Waals surface area (Å²) < 4.78 is 51.4. The third kappa shape index (κ3) is 4.40. The molecule has 0 aliphatic carbocycles. The molecule has 6 nitrogen and oxygen atoms in total. The van der Waals surface area contributed by atoms with Crippen LogP contribution in [0.4, 0.5) is 13.2 Å². The number of hydrogen-bond acceptors (Lipinski definition) is 7. The average molecular weight is 406 g/mol.